The van der Waals surface area contributed by atoms with Crippen LogP contribution in [0.3, 0.4) is 0 Å². The molecule has 0 aliphatic carbocycles. The normalized spacial score (nSPS) is 14.9. The molecule has 1 aliphatic heterocycles. The fraction of sp³-hybridized carbons (Fsp3) is 0.318. The van der Waals surface area contributed by atoms with Crippen molar-refractivity contribution in [2.45, 2.75) is 13.8 Å². The van der Waals surface area contributed by atoms with Crippen LogP contribution in [0.15, 0.2) is 23.9 Å². The number of aromatic amines is 2. The van der Waals surface area contributed by atoms with Crippen LogP contribution in [0.2, 0.25) is 0 Å². The minimum Gasteiger partial charge on any atom is -0.379 e. The average molecular weight is 475 g/mol. The monoisotopic (exact) mass is 475 g/mol. The third-order valence-electron chi connectivity index (χ3n) is 5.25. The minimum atomic E-state index is -1.23. The topological polar surface area (TPSA) is 111 Å². The molecule has 3 aromatic rings. The Bertz CT molecular complexity index is 1190. The third-order valence-corrected chi connectivity index (χ3v) is 5.25. The highest BCUT2D eigenvalue weighted by molar-refractivity contribution is 6.01. The van der Waals surface area contributed by atoms with Gasteiger partial charge in [0.05, 0.1) is 30.8 Å². The standard InChI is InChI=1S/C22H24F3N7O2/c1-12(11-32-3-5-34-6-4-32)7-17-13(2)27-21(28-17)20-18(10-26-31-20)29-22(33)30-19-15(24)8-14(23)9-16(19)25/h7-10H,3-6,11H2,1-2H3,(H,26,31)(H,27,28)(H2,29,30,33)/b12-7+. The molecule has 0 unspecified atom stereocenters. The zero-order valence-electron chi connectivity index (χ0n) is 18.6. The number of aromatic nitrogens is 4. The maximum atomic E-state index is 13.8. The summed E-state index contributed by atoms with van der Waals surface area (Å²) in [6.45, 7) is 7.93. The Hall–Kier alpha value is -3.64. The molecule has 4 rings (SSSR count). The van der Waals surface area contributed by atoms with Crippen molar-refractivity contribution in [2.75, 3.05) is 43.5 Å². The second-order valence-electron chi connectivity index (χ2n) is 7.96. The van der Waals surface area contributed by atoms with Crippen LogP contribution >= 0.6 is 0 Å². The first-order valence-electron chi connectivity index (χ1n) is 10.6. The van der Waals surface area contributed by atoms with Crippen molar-refractivity contribution in [3.63, 3.8) is 0 Å². The van der Waals surface area contributed by atoms with Crippen LogP contribution in [0.1, 0.15) is 18.3 Å². The quantitative estimate of drug-likeness (QED) is 0.432. The van der Waals surface area contributed by atoms with Crippen molar-refractivity contribution in [1.82, 2.24) is 25.1 Å². The molecule has 3 heterocycles. The summed E-state index contributed by atoms with van der Waals surface area (Å²) in [5, 5.41) is 11.2. The second-order valence-corrected chi connectivity index (χ2v) is 7.96. The molecule has 34 heavy (non-hydrogen) atoms. The maximum Gasteiger partial charge on any atom is 0.323 e. The molecule has 12 heteroatoms. The molecule has 0 radical (unpaired) electrons. The van der Waals surface area contributed by atoms with Crippen LogP contribution in [0.25, 0.3) is 17.6 Å². The van der Waals surface area contributed by atoms with E-state index in [1.165, 1.54) is 6.20 Å². The van der Waals surface area contributed by atoms with E-state index in [1.807, 2.05) is 25.2 Å². The number of aryl methyl sites for hydroxylation is 1. The van der Waals surface area contributed by atoms with Gasteiger partial charge in [0, 0.05) is 37.5 Å². The highest BCUT2D eigenvalue weighted by Crippen LogP contribution is 2.26. The maximum absolute atomic E-state index is 13.8. The lowest BCUT2D eigenvalue weighted by molar-refractivity contribution is 0.0424. The Morgan fingerprint density at radius 1 is 1.21 bits per heavy atom. The Labute approximate surface area is 193 Å². The molecule has 1 aromatic carbocycles. The van der Waals surface area contributed by atoms with Gasteiger partial charge in [-0.15, -0.1) is 0 Å². The zero-order chi connectivity index (χ0) is 24.2. The van der Waals surface area contributed by atoms with E-state index in [2.05, 4.69) is 30.4 Å². The van der Waals surface area contributed by atoms with Crippen molar-refractivity contribution < 1.29 is 22.7 Å². The van der Waals surface area contributed by atoms with Gasteiger partial charge in [0.2, 0.25) is 0 Å². The molecule has 0 spiro atoms. The van der Waals surface area contributed by atoms with Gasteiger partial charge >= 0.3 is 6.03 Å². The fourth-order valence-electron chi connectivity index (χ4n) is 3.61. The van der Waals surface area contributed by atoms with Gasteiger partial charge in [-0.05, 0) is 19.9 Å². The number of urea groups is 1. The largest absolute Gasteiger partial charge is 0.379 e. The van der Waals surface area contributed by atoms with Crippen LogP contribution in [0, 0.1) is 24.4 Å². The molecule has 1 saturated heterocycles. The van der Waals surface area contributed by atoms with Crippen molar-refractivity contribution >= 4 is 23.5 Å². The average Bonchev–Trinajstić information content (AvgIpc) is 3.37. The molecular weight excluding hydrogens is 451 g/mol. The summed E-state index contributed by atoms with van der Waals surface area (Å²) in [6, 6.07) is 0.0183. The number of morpholine rings is 1. The van der Waals surface area contributed by atoms with E-state index >= 15 is 0 Å². The fourth-order valence-corrected chi connectivity index (χ4v) is 3.61. The third kappa shape index (κ3) is 5.46. The highest BCUT2D eigenvalue weighted by Gasteiger charge is 2.18. The number of nitrogens with one attached hydrogen (secondary N) is 4. The number of halogens is 3. The minimum absolute atomic E-state index is 0.231. The summed E-state index contributed by atoms with van der Waals surface area (Å²) in [5.74, 6) is -3.12. The summed E-state index contributed by atoms with van der Waals surface area (Å²) < 4.78 is 46.1. The first-order chi connectivity index (χ1) is 16.3. The van der Waals surface area contributed by atoms with Crippen molar-refractivity contribution in [1.29, 1.82) is 0 Å². The molecule has 4 N–H and O–H groups in total. The number of anilines is 2. The van der Waals surface area contributed by atoms with Gasteiger partial charge in [-0.3, -0.25) is 10.00 Å². The van der Waals surface area contributed by atoms with E-state index in [9.17, 15) is 18.0 Å². The lowest BCUT2D eigenvalue weighted by atomic mass is 10.2. The van der Waals surface area contributed by atoms with Crippen LogP contribution < -0.4 is 10.6 Å². The number of carbonyl (C=O) groups excluding carboxylic acids is 1. The predicted octanol–water partition coefficient (Wildman–Crippen LogP) is 3.91. The number of ether oxygens (including phenoxy) is 1. The molecule has 2 aromatic heterocycles. The molecule has 9 nitrogen and oxygen atoms in total. The summed E-state index contributed by atoms with van der Waals surface area (Å²) in [6.07, 6.45) is 3.32. The number of nitrogens with zero attached hydrogens (tertiary/aromatic N) is 3. The first-order valence-corrected chi connectivity index (χ1v) is 10.6. The van der Waals surface area contributed by atoms with E-state index in [4.69, 9.17) is 4.74 Å². The number of carbonyl (C=O) groups is 1. The molecule has 1 aliphatic rings. The highest BCUT2D eigenvalue weighted by atomic mass is 19.1. The number of hydrogen-bond donors (Lipinski definition) is 4. The van der Waals surface area contributed by atoms with Crippen molar-refractivity contribution in [3.05, 3.63) is 52.7 Å². The Morgan fingerprint density at radius 3 is 2.62 bits per heavy atom. The number of hydrogen-bond acceptors (Lipinski definition) is 5. The molecule has 0 atom stereocenters. The summed E-state index contributed by atoms with van der Waals surface area (Å²) >= 11 is 0. The Balaban J connectivity index is 1.47. The van der Waals surface area contributed by atoms with Crippen molar-refractivity contribution in [2.24, 2.45) is 0 Å². The van der Waals surface area contributed by atoms with Crippen LogP contribution in [-0.2, 0) is 4.74 Å². The Morgan fingerprint density at radius 2 is 1.91 bits per heavy atom. The van der Waals surface area contributed by atoms with Gasteiger partial charge < -0.3 is 20.4 Å². The van der Waals surface area contributed by atoms with E-state index in [0.717, 1.165) is 49.8 Å². The molecule has 2 amide bonds. The lowest BCUT2D eigenvalue weighted by Gasteiger charge is -2.26. The van der Waals surface area contributed by atoms with Gasteiger partial charge in [-0.1, -0.05) is 5.57 Å². The van der Waals surface area contributed by atoms with Crippen molar-refractivity contribution in [3.8, 4) is 11.5 Å². The number of rotatable bonds is 6. The zero-order valence-corrected chi connectivity index (χ0v) is 18.6. The molecule has 1 fully saturated rings. The predicted molar refractivity (Wildman–Crippen MR) is 121 cm³/mol. The van der Waals surface area contributed by atoms with Gasteiger partial charge in [0.25, 0.3) is 0 Å². The number of amides is 2. The molecule has 0 saturated carbocycles. The van der Waals surface area contributed by atoms with Crippen LogP contribution in [0.4, 0.5) is 29.3 Å². The van der Waals surface area contributed by atoms with Gasteiger partial charge in [-0.25, -0.2) is 22.9 Å². The summed E-state index contributed by atoms with van der Waals surface area (Å²) in [4.78, 5) is 22.4. The van der Waals surface area contributed by atoms with E-state index < -0.39 is 29.2 Å². The van der Waals surface area contributed by atoms with E-state index in [1.54, 1.807) is 0 Å². The molecule has 0 bridgehead atoms. The van der Waals surface area contributed by atoms with Gasteiger partial charge in [0.15, 0.2) is 17.5 Å². The van der Waals surface area contributed by atoms with Crippen LogP contribution in [0.5, 0.6) is 0 Å². The van der Waals surface area contributed by atoms with Gasteiger partial charge in [-0.2, -0.15) is 5.10 Å². The number of benzene rings is 1. The summed E-state index contributed by atoms with van der Waals surface area (Å²) in [7, 11) is 0. The van der Waals surface area contributed by atoms with E-state index in [0.29, 0.717) is 23.7 Å². The molecular formula is C22H24F3N7O2. The molecule has 180 valence electrons. The number of H-pyrrole nitrogens is 2. The number of imidazole rings is 1. The SMILES string of the molecule is C/C(=C\c1nc(-c2[nH]ncc2NC(=O)Nc2c(F)cc(F)cc2F)[nH]c1C)CN1CCOCC1. The second kappa shape index (κ2) is 10.1. The lowest BCUT2D eigenvalue weighted by Crippen LogP contribution is -2.37. The Kier molecular flexibility index (Phi) is 6.98. The van der Waals surface area contributed by atoms with E-state index in [-0.39, 0.29) is 5.69 Å². The first kappa shape index (κ1) is 23.5. The summed E-state index contributed by atoms with van der Waals surface area (Å²) in [5.41, 5.74) is 2.53. The smallest absolute Gasteiger partial charge is 0.323 e. The van der Waals surface area contributed by atoms with Gasteiger partial charge in [0.1, 0.15) is 17.2 Å². The van der Waals surface area contributed by atoms with Crippen LogP contribution in [-0.4, -0.2) is 63.9 Å².